The summed E-state index contributed by atoms with van der Waals surface area (Å²) in [4.78, 5) is 6.24. The van der Waals surface area contributed by atoms with Crippen LogP contribution in [0.2, 0.25) is 0 Å². The zero-order valence-electron chi connectivity index (χ0n) is 15.0. The molecule has 0 spiro atoms. The lowest BCUT2D eigenvalue weighted by Crippen LogP contribution is -2.36. The summed E-state index contributed by atoms with van der Waals surface area (Å²) in [5.74, 6) is 2.68. The van der Waals surface area contributed by atoms with Crippen LogP contribution in [0.15, 0.2) is 45.2 Å². The largest absolute Gasteiger partial charge is 0.485 e. The van der Waals surface area contributed by atoms with Crippen molar-refractivity contribution in [2.24, 2.45) is 0 Å². The zero-order valence-corrected chi connectivity index (χ0v) is 15.0. The zero-order chi connectivity index (χ0) is 18.6. The molecular formula is C20H19N3O4. The number of hydrogen-bond acceptors (Lipinski definition) is 7. The van der Waals surface area contributed by atoms with E-state index in [1.807, 2.05) is 42.2 Å². The Morgan fingerprint density at radius 1 is 1.15 bits per heavy atom. The smallest absolute Gasteiger partial charge is 0.266 e. The van der Waals surface area contributed by atoms with Gasteiger partial charge >= 0.3 is 0 Å². The number of nitriles is 1. The monoisotopic (exact) mass is 365 g/mol. The number of benzene rings is 1. The highest BCUT2D eigenvalue weighted by atomic mass is 16.5. The van der Waals surface area contributed by atoms with Crippen LogP contribution in [-0.4, -0.2) is 31.3 Å². The van der Waals surface area contributed by atoms with Gasteiger partial charge in [-0.1, -0.05) is 18.2 Å². The minimum Gasteiger partial charge on any atom is -0.485 e. The van der Waals surface area contributed by atoms with Gasteiger partial charge < -0.3 is 23.2 Å². The third-order valence-corrected chi connectivity index (χ3v) is 4.35. The number of oxazole rings is 1. The Bertz CT molecular complexity index is 964. The second-order valence-electron chi connectivity index (χ2n) is 6.20. The molecular weight excluding hydrogens is 346 g/mol. The number of anilines is 1. The third-order valence-electron chi connectivity index (χ3n) is 4.35. The molecule has 27 heavy (non-hydrogen) atoms. The maximum atomic E-state index is 9.37. The molecule has 7 nitrogen and oxygen atoms in total. The first-order valence-corrected chi connectivity index (χ1v) is 8.76. The Morgan fingerprint density at radius 3 is 2.74 bits per heavy atom. The Kier molecular flexibility index (Phi) is 4.81. The predicted molar refractivity (Wildman–Crippen MR) is 97.5 cm³/mol. The van der Waals surface area contributed by atoms with E-state index in [0.29, 0.717) is 50.3 Å². The predicted octanol–water partition coefficient (Wildman–Crippen LogP) is 3.53. The van der Waals surface area contributed by atoms with Crippen LogP contribution >= 0.6 is 0 Å². The van der Waals surface area contributed by atoms with Gasteiger partial charge in [0.1, 0.15) is 24.2 Å². The molecule has 1 fully saturated rings. The number of morpholine rings is 1. The Labute approximate surface area is 156 Å². The lowest BCUT2D eigenvalue weighted by Gasteiger charge is -2.25. The average Bonchev–Trinajstić information content (AvgIpc) is 3.35. The molecule has 0 aliphatic carbocycles. The molecule has 0 N–H and O–H groups in total. The summed E-state index contributed by atoms with van der Waals surface area (Å²) < 4.78 is 22.8. The standard InChI is InChI=1S/C20H19N3O4/c1-14-4-2-3-5-17(14)25-13-15-6-7-18(26-15)19-22-16(12-21)20(27-19)23-8-10-24-11-9-23/h2-7H,8-11,13H2,1H3. The van der Waals surface area contributed by atoms with Crippen molar-refractivity contribution < 1.29 is 18.3 Å². The summed E-state index contributed by atoms with van der Waals surface area (Å²) in [5, 5.41) is 9.37. The topological polar surface area (TPSA) is 84.7 Å². The van der Waals surface area contributed by atoms with Crippen LogP contribution in [0.3, 0.4) is 0 Å². The molecule has 1 aliphatic heterocycles. The minimum absolute atomic E-state index is 0.251. The molecule has 3 aromatic rings. The minimum atomic E-state index is 0.251. The number of rotatable bonds is 5. The van der Waals surface area contributed by atoms with E-state index in [0.717, 1.165) is 11.3 Å². The maximum absolute atomic E-state index is 9.37. The van der Waals surface area contributed by atoms with Gasteiger partial charge in [0.15, 0.2) is 5.76 Å². The molecule has 0 saturated carbocycles. The molecule has 0 amide bonds. The number of hydrogen-bond donors (Lipinski definition) is 0. The number of para-hydroxylation sites is 1. The van der Waals surface area contributed by atoms with Gasteiger partial charge in [-0.15, -0.1) is 0 Å². The summed E-state index contributed by atoms with van der Waals surface area (Å²) in [6.07, 6.45) is 0. The first-order valence-electron chi connectivity index (χ1n) is 8.76. The van der Waals surface area contributed by atoms with E-state index in [4.69, 9.17) is 18.3 Å². The van der Waals surface area contributed by atoms with E-state index in [-0.39, 0.29) is 11.6 Å². The van der Waals surface area contributed by atoms with Crippen LogP contribution < -0.4 is 9.64 Å². The molecule has 1 aromatic carbocycles. The van der Waals surface area contributed by atoms with Crippen LogP contribution in [0, 0.1) is 18.3 Å². The van der Waals surface area contributed by atoms with Crippen molar-refractivity contribution >= 4 is 5.88 Å². The molecule has 0 unspecified atom stereocenters. The van der Waals surface area contributed by atoms with Crippen molar-refractivity contribution in [1.82, 2.24) is 4.98 Å². The average molecular weight is 365 g/mol. The summed E-state index contributed by atoms with van der Waals surface area (Å²) in [7, 11) is 0. The molecule has 0 radical (unpaired) electrons. The highest BCUT2D eigenvalue weighted by molar-refractivity contribution is 5.56. The van der Waals surface area contributed by atoms with Gasteiger partial charge in [-0.05, 0) is 30.7 Å². The molecule has 1 saturated heterocycles. The van der Waals surface area contributed by atoms with Crippen LogP contribution in [0.5, 0.6) is 5.75 Å². The van der Waals surface area contributed by atoms with E-state index in [1.54, 1.807) is 6.07 Å². The fraction of sp³-hybridized carbons (Fsp3) is 0.300. The van der Waals surface area contributed by atoms with Crippen molar-refractivity contribution in [3.05, 3.63) is 53.4 Å². The van der Waals surface area contributed by atoms with Gasteiger partial charge in [-0.2, -0.15) is 10.2 Å². The molecule has 2 aromatic heterocycles. The van der Waals surface area contributed by atoms with Gasteiger partial charge in [-0.25, -0.2) is 0 Å². The van der Waals surface area contributed by atoms with Gasteiger partial charge in [0, 0.05) is 13.1 Å². The quantitative estimate of drug-likeness (QED) is 0.684. The molecule has 0 bridgehead atoms. The molecule has 4 rings (SSSR count). The van der Waals surface area contributed by atoms with Crippen molar-refractivity contribution in [3.63, 3.8) is 0 Å². The normalized spacial score (nSPS) is 14.1. The van der Waals surface area contributed by atoms with Gasteiger partial charge in [0.05, 0.1) is 13.2 Å². The second kappa shape index (κ2) is 7.56. The Balaban J connectivity index is 1.50. The van der Waals surface area contributed by atoms with E-state index in [9.17, 15) is 5.26 Å². The van der Waals surface area contributed by atoms with Crippen LogP contribution in [-0.2, 0) is 11.3 Å². The molecule has 0 atom stereocenters. The SMILES string of the molecule is Cc1ccccc1OCc1ccc(-c2nc(C#N)c(N3CCOCC3)o2)o1. The molecule has 7 heteroatoms. The lowest BCUT2D eigenvalue weighted by atomic mass is 10.2. The van der Waals surface area contributed by atoms with Crippen LogP contribution in [0.1, 0.15) is 17.0 Å². The summed E-state index contributed by atoms with van der Waals surface area (Å²) >= 11 is 0. The van der Waals surface area contributed by atoms with Crippen molar-refractivity contribution in [1.29, 1.82) is 5.26 Å². The first-order chi connectivity index (χ1) is 13.2. The molecule has 138 valence electrons. The van der Waals surface area contributed by atoms with Gasteiger partial charge in [0.25, 0.3) is 5.89 Å². The number of ether oxygens (including phenoxy) is 2. The Morgan fingerprint density at radius 2 is 1.96 bits per heavy atom. The van der Waals surface area contributed by atoms with Crippen LogP contribution in [0.4, 0.5) is 5.88 Å². The Hall–Kier alpha value is -3.24. The number of furan rings is 1. The number of aromatic nitrogens is 1. The van der Waals surface area contributed by atoms with E-state index in [1.165, 1.54) is 0 Å². The molecule has 3 heterocycles. The van der Waals surface area contributed by atoms with E-state index < -0.39 is 0 Å². The highest BCUT2D eigenvalue weighted by Crippen LogP contribution is 2.30. The van der Waals surface area contributed by atoms with Crippen LogP contribution in [0.25, 0.3) is 11.7 Å². The summed E-state index contributed by atoms with van der Waals surface area (Å²) in [6, 6.07) is 13.5. The first kappa shape index (κ1) is 17.2. The van der Waals surface area contributed by atoms with Gasteiger partial charge in [0.2, 0.25) is 11.6 Å². The van der Waals surface area contributed by atoms with Crippen molar-refractivity contribution in [3.8, 4) is 23.5 Å². The van der Waals surface area contributed by atoms with E-state index >= 15 is 0 Å². The number of aryl methyl sites for hydroxylation is 1. The number of nitrogens with zero attached hydrogens (tertiary/aromatic N) is 3. The maximum Gasteiger partial charge on any atom is 0.266 e. The summed E-state index contributed by atoms with van der Waals surface area (Å²) in [5.41, 5.74) is 1.31. The van der Waals surface area contributed by atoms with Crippen molar-refractivity contribution in [2.45, 2.75) is 13.5 Å². The van der Waals surface area contributed by atoms with Crippen molar-refractivity contribution in [2.75, 3.05) is 31.2 Å². The highest BCUT2D eigenvalue weighted by Gasteiger charge is 2.23. The third kappa shape index (κ3) is 3.66. The summed E-state index contributed by atoms with van der Waals surface area (Å²) in [6.45, 7) is 4.82. The molecule has 1 aliphatic rings. The van der Waals surface area contributed by atoms with E-state index in [2.05, 4.69) is 11.1 Å². The van der Waals surface area contributed by atoms with Gasteiger partial charge in [-0.3, -0.25) is 0 Å². The fourth-order valence-corrected chi connectivity index (χ4v) is 2.91. The lowest BCUT2D eigenvalue weighted by molar-refractivity contribution is 0.120. The second-order valence-corrected chi connectivity index (χ2v) is 6.20. The fourth-order valence-electron chi connectivity index (χ4n) is 2.91.